The van der Waals surface area contributed by atoms with Crippen molar-refractivity contribution >= 4 is 73.6 Å². The maximum Gasteiger partial charge on any atom is 2.00 e. The maximum atomic E-state index is 11.6. The smallest absolute Gasteiger partial charge is 0.550 e. The van der Waals surface area contributed by atoms with Gasteiger partial charge in [0, 0.05) is 24.8 Å². The zero-order chi connectivity index (χ0) is 43.5. The number of unbranched alkanes of at least 4 members (excludes halogenated alkanes) is 28. The third-order valence-electron chi connectivity index (χ3n) is 10.3. The Bertz CT molecular complexity index is 965. The molecule has 4 N–H and O–H groups in total. The van der Waals surface area contributed by atoms with Crippen LogP contribution in [0.4, 0.5) is 0 Å². The molecule has 0 aliphatic carbocycles. The van der Waals surface area contributed by atoms with Crippen molar-refractivity contribution in [1.29, 1.82) is 0 Å². The number of carboxylic acid groups (broad SMARTS) is 2. The van der Waals surface area contributed by atoms with E-state index in [0.717, 1.165) is 25.7 Å². The summed E-state index contributed by atoms with van der Waals surface area (Å²) in [5, 5.41) is 20.7. The van der Waals surface area contributed by atoms with E-state index in [1.54, 1.807) is 0 Å². The number of rotatable bonds is 40. The molecule has 0 spiro atoms. The first-order valence-corrected chi connectivity index (χ1v) is 23.3. The third kappa shape index (κ3) is 48.9. The van der Waals surface area contributed by atoms with Crippen LogP contribution in [-0.4, -0.2) is 85.6 Å². The average molecular weight is 865 g/mol. The number of carbonyl (C=O) groups is 6. The molecule has 0 heterocycles. The molecule has 0 aromatic carbocycles. The van der Waals surface area contributed by atoms with Gasteiger partial charge < -0.3 is 40.7 Å². The summed E-state index contributed by atoms with van der Waals surface area (Å²) < 4.78 is 9.29. The average Bonchev–Trinajstić information content (AvgIpc) is 3.19. The van der Waals surface area contributed by atoms with E-state index in [-0.39, 0.29) is 76.3 Å². The Labute approximate surface area is 388 Å². The Kier molecular flexibility index (Phi) is 49.6. The SMILES string of the molecule is CCCCCCCCCCCCCCCCCC(=O)OC(=O)[C@@H](N)CCC(=O)[O-].CCCCCCCCCCCCCCCCCC(=O)OC(=O)[C@@H](N)CCC(=O)[O-].[Ca+2]. The molecule has 0 rings (SSSR count). The van der Waals surface area contributed by atoms with E-state index < -0.39 is 47.9 Å². The molecule has 13 heteroatoms. The number of carbonyl (C=O) groups excluding carboxylic acids is 6. The van der Waals surface area contributed by atoms with Crippen molar-refractivity contribution in [2.45, 2.75) is 257 Å². The fourth-order valence-electron chi connectivity index (χ4n) is 6.54. The monoisotopic (exact) mass is 865 g/mol. The number of ether oxygens (including phenoxy) is 2. The van der Waals surface area contributed by atoms with E-state index in [9.17, 15) is 39.0 Å². The fourth-order valence-corrected chi connectivity index (χ4v) is 6.54. The largest absolute Gasteiger partial charge is 2.00 e. The third-order valence-corrected chi connectivity index (χ3v) is 10.3. The molecule has 0 aromatic heterocycles. The second-order valence-corrected chi connectivity index (χ2v) is 16.0. The van der Waals surface area contributed by atoms with Gasteiger partial charge in [-0.3, -0.25) is 9.59 Å². The Morgan fingerprint density at radius 1 is 0.373 bits per heavy atom. The van der Waals surface area contributed by atoms with Gasteiger partial charge in [0.2, 0.25) is 0 Å². The van der Waals surface area contributed by atoms with Gasteiger partial charge >= 0.3 is 61.6 Å². The normalized spacial score (nSPS) is 11.7. The van der Waals surface area contributed by atoms with Crippen molar-refractivity contribution < 1.29 is 48.5 Å². The topological polar surface area (TPSA) is 219 Å². The van der Waals surface area contributed by atoms with E-state index in [1.165, 1.54) is 154 Å². The zero-order valence-electron chi connectivity index (χ0n) is 37.6. The van der Waals surface area contributed by atoms with Crippen molar-refractivity contribution in [1.82, 2.24) is 0 Å². The van der Waals surface area contributed by atoms with E-state index in [2.05, 4.69) is 23.3 Å². The Balaban J connectivity index is -0.00000105. The Morgan fingerprint density at radius 3 is 0.780 bits per heavy atom. The molecule has 12 nitrogen and oxygen atoms in total. The number of nitrogens with two attached hydrogens (primary N) is 2. The molecule has 340 valence electrons. The quantitative estimate of drug-likeness (QED) is 0.0259. The van der Waals surface area contributed by atoms with Gasteiger partial charge in [0.25, 0.3) is 0 Å². The predicted molar refractivity (Wildman–Crippen MR) is 231 cm³/mol. The zero-order valence-corrected chi connectivity index (χ0v) is 39.8. The molecule has 0 aliphatic heterocycles. The van der Waals surface area contributed by atoms with Gasteiger partial charge in [0.15, 0.2) is 0 Å². The van der Waals surface area contributed by atoms with Crippen LogP contribution in [0.1, 0.15) is 245 Å². The van der Waals surface area contributed by atoms with Crippen molar-refractivity contribution in [2.75, 3.05) is 0 Å². The second-order valence-electron chi connectivity index (χ2n) is 16.0. The van der Waals surface area contributed by atoms with Gasteiger partial charge in [-0.25, -0.2) is 9.59 Å². The van der Waals surface area contributed by atoms with E-state index in [0.29, 0.717) is 12.8 Å². The number of esters is 4. The summed E-state index contributed by atoms with van der Waals surface area (Å²) in [5.41, 5.74) is 11.0. The second kappa shape index (κ2) is 47.4. The van der Waals surface area contributed by atoms with Gasteiger partial charge in [0.1, 0.15) is 12.1 Å². The minimum atomic E-state index is -1.28. The minimum Gasteiger partial charge on any atom is -0.550 e. The molecule has 0 saturated heterocycles. The molecule has 0 amide bonds. The molecule has 0 aliphatic rings. The first kappa shape index (κ1) is 61.7. The van der Waals surface area contributed by atoms with Gasteiger partial charge in [-0.05, 0) is 38.5 Å². The van der Waals surface area contributed by atoms with Crippen LogP contribution >= 0.6 is 0 Å². The van der Waals surface area contributed by atoms with Crippen LogP contribution in [0.15, 0.2) is 0 Å². The van der Waals surface area contributed by atoms with Gasteiger partial charge in [-0.1, -0.05) is 194 Å². The van der Waals surface area contributed by atoms with Crippen LogP contribution in [0.25, 0.3) is 0 Å². The Morgan fingerprint density at radius 2 is 0.576 bits per heavy atom. The van der Waals surface area contributed by atoms with Crippen LogP contribution in [0, 0.1) is 0 Å². The first-order valence-electron chi connectivity index (χ1n) is 23.3. The van der Waals surface area contributed by atoms with E-state index in [1.807, 2.05) is 0 Å². The van der Waals surface area contributed by atoms with E-state index >= 15 is 0 Å². The van der Waals surface area contributed by atoms with Crippen LogP contribution in [0.2, 0.25) is 0 Å². The van der Waals surface area contributed by atoms with Gasteiger partial charge in [0.05, 0.1) is 0 Å². The number of hydrogen-bond donors (Lipinski definition) is 2. The predicted octanol–water partition coefficient (Wildman–Crippen LogP) is 7.97. The molecule has 0 radical (unpaired) electrons. The van der Waals surface area contributed by atoms with Crippen LogP contribution in [-0.2, 0) is 38.2 Å². The first-order chi connectivity index (χ1) is 27.9. The summed E-state index contributed by atoms with van der Waals surface area (Å²) in [7, 11) is 0. The summed E-state index contributed by atoms with van der Waals surface area (Å²) in [6.07, 6.45) is 37.0. The minimum absolute atomic E-state index is 0. The number of aliphatic carboxylic acids is 2. The maximum absolute atomic E-state index is 11.6. The molecule has 2 atom stereocenters. The standard InChI is InChI=1S/2C23H43NO5.Ca/c2*1-2-3-4-5-6-7-8-9-10-11-12-13-14-15-16-17-22(27)29-23(28)20(24)18-19-21(25)26;/h2*20H,2-19,24H2,1H3,(H,25,26);/q;;+2/p-2/t2*20-;/m00./s1. The van der Waals surface area contributed by atoms with Crippen LogP contribution in [0.5, 0.6) is 0 Å². The van der Waals surface area contributed by atoms with Crippen molar-refractivity contribution in [3.63, 3.8) is 0 Å². The van der Waals surface area contributed by atoms with Crippen LogP contribution < -0.4 is 21.7 Å². The van der Waals surface area contributed by atoms with Gasteiger partial charge in [-0.2, -0.15) is 0 Å². The molecule has 0 fully saturated rings. The molecule has 0 unspecified atom stereocenters. The van der Waals surface area contributed by atoms with Crippen molar-refractivity contribution in [3.8, 4) is 0 Å². The summed E-state index contributed by atoms with van der Waals surface area (Å²) in [5.74, 6) is -5.47. The molecular formula is C46H84CaN2O10. The van der Waals surface area contributed by atoms with Crippen LogP contribution in [0.3, 0.4) is 0 Å². The van der Waals surface area contributed by atoms with Crippen molar-refractivity contribution in [2.24, 2.45) is 11.5 Å². The van der Waals surface area contributed by atoms with Gasteiger partial charge in [-0.15, -0.1) is 0 Å². The molecule has 0 saturated carbocycles. The summed E-state index contributed by atoms with van der Waals surface area (Å²) in [4.78, 5) is 67.0. The summed E-state index contributed by atoms with van der Waals surface area (Å²) in [6.45, 7) is 4.50. The molecular weight excluding hydrogens is 781 g/mol. The molecule has 0 aromatic rings. The van der Waals surface area contributed by atoms with E-state index in [4.69, 9.17) is 11.5 Å². The Hall–Kier alpha value is -1.60. The molecule has 0 bridgehead atoms. The number of carboxylic acids is 2. The molecule has 59 heavy (non-hydrogen) atoms. The fraction of sp³-hybridized carbons (Fsp3) is 0.870. The summed E-state index contributed by atoms with van der Waals surface area (Å²) in [6, 6.07) is -2.20. The van der Waals surface area contributed by atoms with Crippen molar-refractivity contribution in [3.05, 3.63) is 0 Å². The summed E-state index contributed by atoms with van der Waals surface area (Å²) >= 11 is 0. The number of hydrogen-bond acceptors (Lipinski definition) is 12.